The first-order valence-corrected chi connectivity index (χ1v) is 11.7. The van der Waals surface area contributed by atoms with Gasteiger partial charge in [0.2, 0.25) is 0 Å². The number of likely N-dealkylation sites (tertiary alicyclic amines) is 1. The van der Waals surface area contributed by atoms with Crippen molar-refractivity contribution in [1.29, 1.82) is 0 Å². The molecule has 4 rings (SSSR count). The van der Waals surface area contributed by atoms with Crippen LogP contribution in [-0.2, 0) is 6.54 Å². The van der Waals surface area contributed by atoms with Crippen molar-refractivity contribution in [3.63, 3.8) is 0 Å². The van der Waals surface area contributed by atoms with Gasteiger partial charge in [-0.1, -0.05) is 31.7 Å². The summed E-state index contributed by atoms with van der Waals surface area (Å²) in [6.07, 6.45) is 14.1. The summed E-state index contributed by atoms with van der Waals surface area (Å²) in [5.74, 6) is 2.02. The lowest BCUT2D eigenvalue weighted by Gasteiger charge is -2.24. The van der Waals surface area contributed by atoms with Crippen LogP contribution >= 0.6 is 0 Å². The van der Waals surface area contributed by atoms with Gasteiger partial charge in [-0.15, -0.1) is 0 Å². The van der Waals surface area contributed by atoms with Crippen LogP contribution in [0.25, 0.3) is 0 Å². The standard InChI is InChI=1S/C23H38N6/c1-24-23(27-20-12-15-29(18-20)21-8-4-5-9-21)26-17-19-10-11-22(25-16-19)28-13-6-2-3-7-14-28/h10-11,16,20-21H,2-9,12-15,17-18H2,1H3,(H2,24,26,27). The van der Waals surface area contributed by atoms with E-state index in [0.29, 0.717) is 6.04 Å². The smallest absolute Gasteiger partial charge is 0.191 e. The van der Waals surface area contributed by atoms with E-state index in [9.17, 15) is 0 Å². The Kier molecular flexibility index (Phi) is 7.25. The van der Waals surface area contributed by atoms with Gasteiger partial charge in [-0.05, 0) is 43.7 Å². The molecule has 1 aromatic heterocycles. The third-order valence-electron chi connectivity index (χ3n) is 6.82. The minimum atomic E-state index is 0.505. The van der Waals surface area contributed by atoms with E-state index in [4.69, 9.17) is 4.98 Å². The van der Waals surface area contributed by atoms with Crippen molar-refractivity contribution in [2.75, 3.05) is 38.1 Å². The van der Waals surface area contributed by atoms with Crippen molar-refractivity contribution in [3.05, 3.63) is 23.9 Å². The fraction of sp³-hybridized carbons (Fsp3) is 0.739. The molecule has 6 heteroatoms. The topological polar surface area (TPSA) is 55.8 Å². The minimum Gasteiger partial charge on any atom is -0.357 e. The van der Waals surface area contributed by atoms with E-state index in [1.54, 1.807) is 0 Å². The Morgan fingerprint density at radius 1 is 1.03 bits per heavy atom. The molecule has 2 aliphatic heterocycles. The maximum Gasteiger partial charge on any atom is 0.191 e. The lowest BCUT2D eigenvalue weighted by Crippen LogP contribution is -2.45. The molecular weight excluding hydrogens is 360 g/mol. The van der Waals surface area contributed by atoms with Crippen LogP contribution in [0.15, 0.2) is 23.3 Å². The van der Waals surface area contributed by atoms with Gasteiger partial charge in [-0.3, -0.25) is 9.89 Å². The molecule has 1 aromatic rings. The summed E-state index contributed by atoms with van der Waals surface area (Å²) < 4.78 is 0. The predicted octanol–water partition coefficient (Wildman–Crippen LogP) is 3.14. The molecule has 2 N–H and O–H groups in total. The molecule has 0 aromatic carbocycles. The second-order valence-electron chi connectivity index (χ2n) is 8.91. The molecule has 160 valence electrons. The summed E-state index contributed by atoms with van der Waals surface area (Å²) in [4.78, 5) is 14.3. The van der Waals surface area contributed by atoms with Gasteiger partial charge in [-0.25, -0.2) is 4.98 Å². The number of nitrogens with one attached hydrogen (secondary N) is 2. The highest BCUT2D eigenvalue weighted by atomic mass is 15.3. The normalized spacial score (nSPS) is 24.7. The van der Waals surface area contributed by atoms with Gasteiger partial charge < -0.3 is 15.5 Å². The molecule has 0 spiro atoms. The number of guanidine groups is 1. The van der Waals surface area contributed by atoms with Crippen molar-refractivity contribution in [2.45, 2.75) is 76.4 Å². The zero-order valence-corrected chi connectivity index (χ0v) is 18.1. The molecule has 1 atom stereocenters. The monoisotopic (exact) mass is 398 g/mol. The average molecular weight is 399 g/mol. The molecule has 6 nitrogen and oxygen atoms in total. The molecule has 3 aliphatic rings. The van der Waals surface area contributed by atoms with Gasteiger partial charge in [0, 0.05) is 58.1 Å². The number of aliphatic imine (C=N–C) groups is 1. The second kappa shape index (κ2) is 10.3. The number of anilines is 1. The first-order chi connectivity index (χ1) is 14.3. The van der Waals surface area contributed by atoms with Crippen molar-refractivity contribution in [2.24, 2.45) is 4.99 Å². The number of aromatic nitrogens is 1. The van der Waals surface area contributed by atoms with Crippen molar-refractivity contribution in [3.8, 4) is 0 Å². The summed E-state index contributed by atoms with van der Waals surface area (Å²) in [7, 11) is 1.86. The summed E-state index contributed by atoms with van der Waals surface area (Å²) in [5.41, 5.74) is 1.20. The Morgan fingerprint density at radius 2 is 1.83 bits per heavy atom. The highest BCUT2D eigenvalue weighted by Crippen LogP contribution is 2.26. The largest absolute Gasteiger partial charge is 0.357 e. The summed E-state index contributed by atoms with van der Waals surface area (Å²) >= 11 is 0. The number of hydrogen-bond acceptors (Lipinski definition) is 4. The van der Waals surface area contributed by atoms with E-state index in [2.05, 4.69) is 37.6 Å². The Labute approximate surface area is 176 Å². The summed E-state index contributed by atoms with van der Waals surface area (Å²) in [5, 5.41) is 7.10. The van der Waals surface area contributed by atoms with Crippen molar-refractivity contribution >= 4 is 11.8 Å². The van der Waals surface area contributed by atoms with Crippen LogP contribution in [0.2, 0.25) is 0 Å². The number of hydrogen-bond donors (Lipinski definition) is 2. The van der Waals surface area contributed by atoms with Gasteiger partial charge >= 0.3 is 0 Å². The van der Waals surface area contributed by atoms with Crippen molar-refractivity contribution in [1.82, 2.24) is 20.5 Å². The quantitative estimate of drug-likeness (QED) is 0.589. The molecule has 1 aliphatic carbocycles. The van der Waals surface area contributed by atoms with Crippen LogP contribution in [-0.4, -0.2) is 61.2 Å². The molecule has 1 unspecified atom stereocenters. The first-order valence-electron chi connectivity index (χ1n) is 11.7. The fourth-order valence-electron chi connectivity index (χ4n) is 5.09. The molecule has 0 bridgehead atoms. The molecule has 3 fully saturated rings. The zero-order chi connectivity index (χ0) is 19.9. The van der Waals surface area contributed by atoms with Gasteiger partial charge in [0.05, 0.1) is 0 Å². The van der Waals surface area contributed by atoms with Gasteiger partial charge in [0.15, 0.2) is 5.96 Å². The Balaban J connectivity index is 1.23. The molecular formula is C23H38N6. The maximum absolute atomic E-state index is 4.72. The van der Waals surface area contributed by atoms with Gasteiger partial charge in [0.1, 0.15) is 5.82 Å². The lowest BCUT2D eigenvalue weighted by atomic mass is 10.2. The molecule has 2 saturated heterocycles. The fourth-order valence-corrected chi connectivity index (χ4v) is 5.09. The highest BCUT2D eigenvalue weighted by Gasteiger charge is 2.30. The predicted molar refractivity (Wildman–Crippen MR) is 120 cm³/mol. The molecule has 29 heavy (non-hydrogen) atoms. The minimum absolute atomic E-state index is 0.505. The van der Waals surface area contributed by atoms with E-state index >= 15 is 0 Å². The van der Waals surface area contributed by atoms with Crippen LogP contribution < -0.4 is 15.5 Å². The number of rotatable bonds is 5. The Morgan fingerprint density at radius 3 is 2.52 bits per heavy atom. The van der Waals surface area contributed by atoms with Gasteiger partial charge in [-0.2, -0.15) is 0 Å². The SMILES string of the molecule is CN=C(NCc1ccc(N2CCCCCC2)nc1)NC1CCN(C2CCCC2)C1. The first kappa shape index (κ1) is 20.5. The van der Waals surface area contributed by atoms with E-state index in [1.807, 2.05) is 13.2 Å². The second-order valence-corrected chi connectivity index (χ2v) is 8.91. The summed E-state index contributed by atoms with van der Waals surface area (Å²) in [6.45, 7) is 5.41. The van der Waals surface area contributed by atoms with E-state index < -0.39 is 0 Å². The zero-order valence-electron chi connectivity index (χ0n) is 18.1. The van der Waals surface area contributed by atoms with Gasteiger partial charge in [0.25, 0.3) is 0 Å². The van der Waals surface area contributed by atoms with Crippen LogP contribution in [0.3, 0.4) is 0 Å². The molecule has 0 amide bonds. The third-order valence-corrected chi connectivity index (χ3v) is 6.82. The molecule has 1 saturated carbocycles. The molecule has 3 heterocycles. The highest BCUT2D eigenvalue weighted by molar-refractivity contribution is 5.80. The van der Waals surface area contributed by atoms with Crippen molar-refractivity contribution < 1.29 is 0 Å². The van der Waals surface area contributed by atoms with Crippen LogP contribution in [0.1, 0.15) is 63.4 Å². The van der Waals surface area contributed by atoms with E-state index in [-0.39, 0.29) is 0 Å². The average Bonchev–Trinajstić information content (AvgIpc) is 3.38. The van der Waals surface area contributed by atoms with Crippen LogP contribution in [0.5, 0.6) is 0 Å². The lowest BCUT2D eigenvalue weighted by molar-refractivity contribution is 0.242. The van der Waals surface area contributed by atoms with E-state index in [0.717, 1.165) is 44.0 Å². The van der Waals surface area contributed by atoms with Crippen LogP contribution in [0.4, 0.5) is 5.82 Å². The molecule has 0 radical (unpaired) electrons. The maximum atomic E-state index is 4.72. The third kappa shape index (κ3) is 5.62. The van der Waals surface area contributed by atoms with Crippen LogP contribution in [0, 0.1) is 0 Å². The summed E-state index contributed by atoms with van der Waals surface area (Å²) in [6, 6.07) is 5.70. The number of pyridine rings is 1. The Bertz CT molecular complexity index is 644. The Hall–Kier alpha value is -1.82. The number of nitrogens with zero attached hydrogens (tertiary/aromatic N) is 4. The van der Waals surface area contributed by atoms with E-state index in [1.165, 1.54) is 69.9 Å².